The van der Waals surface area contributed by atoms with E-state index in [1.165, 1.54) is 25.1 Å². The van der Waals surface area contributed by atoms with E-state index in [0.29, 0.717) is 9.79 Å². The largest absolute Gasteiger partial charge is 0.389 e. The third-order valence-corrected chi connectivity index (χ3v) is 3.85. The summed E-state index contributed by atoms with van der Waals surface area (Å²) in [5.41, 5.74) is 0.106. The first-order chi connectivity index (χ1) is 9.50. The Hall–Kier alpha value is -1.92. The van der Waals surface area contributed by atoms with Crippen molar-refractivity contribution in [3.05, 3.63) is 64.0 Å². The fourth-order valence-corrected chi connectivity index (χ4v) is 2.98. The van der Waals surface area contributed by atoms with Crippen molar-refractivity contribution < 1.29 is 14.4 Å². The molecule has 0 heterocycles. The summed E-state index contributed by atoms with van der Waals surface area (Å²) in [5.74, 6) is -0.524. The van der Waals surface area contributed by atoms with E-state index in [1.807, 2.05) is 0 Å². The third-order valence-electron chi connectivity index (χ3n) is 2.71. The monoisotopic (exact) mass is 293 g/mol. The molecule has 2 rings (SSSR count). The molecule has 0 bridgehead atoms. The number of halogens is 1. The number of para-hydroxylation sites is 1. The molecule has 2 aromatic rings. The predicted molar refractivity (Wildman–Crippen MR) is 74.3 cm³/mol. The summed E-state index contributed by atoms with van der Waals surface area (Å²) in [5, 5.41) is 20.6. The van der Waals surface area contributed by atoms with Crippen LogP contribution in [0.4, 0.5) is 10.1 Å². The first-order valence-electron chi connectivity index (χ1n) is 5.88. The second-order valence-corrected chi connectivity index (χ2v) is 5.24. The summed E-state index contributed by atoms with van der Waals surface area (Å²) >= 11 is 1.07. The molecule has 0 aromatic heterocycles. The summed E-state index contributed by atoms with van der Waals surface area (Å²) in [6, 6.07) is 10.6. The Kier molecular flexibility index (Phi) is 4.36. The van der Waals surface area contributed by atoms with E-state index in [-0.39, 0.29) is 11.3 Å². The van der Waals surface area contributed by atoms with Crippen molar-refractivity contribution in [2.24, 2.45) is 0 Å². The van der Waals surface area contributed by atoms with Gasteiger partial charge in [0.2, 0.25) is 0 Å². The van der Waals surface area contributed by atoms with Crippen LogP contribution in [0.5, 0.6) is 0 Å². The Morgan fingerprint density at radius 3 is 2.50 bits per heavy atom. The fourth-order valence-electron chi connectivity index (χ4n) is 1.82. The molecule has 2 aromatic carbocycles. The minimum atomic E-state index is -0.985. The molecular formula is C14H12FNO3S. The van der Waals surface area contributed by atoms with Crippen molar-refractivity contribution in [2.45, 2.75) is 22.8 Å². The number of nitro benzene ring substituents is 1. The number of aliphatic hydroxyl groups excluding tert-OH is 1. The molecule has 0 aliphatic heterocycles. The molecule has 1 unspecified atom stereocenters. The third kappa shape index (κ3) is 2.97. The molecule has 0 spiro atoms. The second-order valence-electron chi connectivity index (χ2n) is 4.15. The number of hydrogen-bond donors (Lipinski definition) is 1. The summed E-state index contributed by atoms with van der Waals surface area (Å²) in [6.45, 7) is 1.46. The van der Waals surface area contributed by atoms with Crippen molar-refractivity contribution in [1.29, 1.82) is 0 Å². The standard InChI is InChI=1S/C14H12FNO3S/c1-9(17)14-10(15)5-4-8-13(14)20-12-7-3-2-6-11(12)16(18)19/h2-9,17H,1H3. The Balaban J connectivity index is 2.46. The van der Waals surface area contributed by atoms with Gasteiger partial charge in [-0.05, 0) is 25.1 Å². The first-order valence-corrected chi connectivity index (χ1v) is 6.70. The van der Waals surface area contributed by atoms with Crippen molar-refractivity contribution in [3.63, 3.8) is 0 Å². The van der Waals surface area contributed by atoms with Crippen LogP contribution in [0.2, 0.25) is 0 Å². The highest BCUT2D eigenvalue weighted by Gasteiger charge is 2.18. The van der Waals surface area contributed by atoms with Crippen LogP contribution < -0.4 is 0 Å². The van der Waals surface area contributed by atoms with E-state index in [2.05, 4.69) is 0 Å². The molecule has 20 heavy (non-hydrogen) atoms. The van der Waals surface area contributed by atoms with E-state index in [9.17, 15) is 19.6 Å². The van der Waals surface area contributed by atoms with Gasteiger partial charge in [0.05, 0.1) is 15.9 Å². The van der Waals surface area contributed by atoms with Gasteiger partial charge in [-0.25, -0.2) is 4.39 Å². The van der Waals surface area contributed by atoms with Gasteiger partial charge >= 0.3 is 0 Å². The van der Waals surface area contributed by atoms with Gasteiger partial charge in [0, 0.05) is 16.5 Å². The SMILES string of the molecule is CC(O)c1c(F)cccc1Sc1ccccc1[N+](=O)[O-]. The smallest absolute Gasteiger partial charge is 0.283 e. The molecule has 104 valence electrons. The van der Waals surface area contributed by atoms with Crippen LogP contribution in [-0.2, 0) is 0 Å². The van der Waals surface area contributed by atoms with Crippen LogP contribution in [0.3, 0.4) is 0 Å². The molecule has 1 atom stereocenters. The molecule has 6 heteroatoms. The van der Waals surface area contributed by atoms with Gasteiger partial charge in [0.15, 0.2) is 0 Å². The van der Waals surface area contributed by atoms with Crippen LogP contribution in [0, 0.1) is 15.9 Å². The Morgan fingerprint density at radius 1 is 1.20 bits per heavy atom. The molecular weight excluding hydrogens is 281 g/mol. The summed E-state index contributed by atoms with van der Waals surface area (Å²) in [4.78, 5) is 11.4. The average molecular weight is 293 g/mol. The number of aliphatic hydroxyl groups is 1. The van der Waals surface area contributed by atoms with Crippen LogP contribution >= 0.6 is 11.8 Å². The molecule has 0 radical (unpaired) electrons. The lowest BCUT2D eigenvalue weighted by molar-refractivity contribution is -0.387. The zero-order valence-corrected chi connectivity index (χ0v) is 11.4. The predicted octanol–water partition coefficient (Wildman–Crippen LogP) is 3.94. The molecule has 0 fully saturated rings. The van der Waals surface area contributed by atoms with Crippen LogP contribution in [0.15, 0.2) is 52.3 Å². The molecule has 1 N–H and O–H groups in total. The summed E-state index contributed by atoms with van der Waals surface area (Å²) in [7, 11) is 0. The van der Waals surface area contributed by atoms with Crippen LogP contribution in [0.1, 0.15) is 18.6 Å². The van der Waals surface area contributed by atoms with Crippen molar-refractivity contribution in [2.75, 3.05) is 0 Å². The average Bonchev–Trinajstić information content (AvgIpc) is 2.38. The zero-order valence-electron chi connectivity index (χ0n) is 10.6. The summed E-state index contributed by atoms with van der Waals surface area (Å²) < 4.78 is 13.8. The van der Waals surface area contributed by atoms with E-state index in [1.54, 1.807) is 24.3 Å². The van der Waals surface area contributed by atoms with E-state index < -0.39 is 16.8 Å². The van der Waals surface area contributed by atoms with Crippen molar-refractivity contribution >= 4 is 17.4 Å². The maximum Gasteiger partial charge on any atom is 0.283 e. The minimum absolute atomic E-state index is 0.0432. The normalized spacial score (nSPS) is 12.2. The van der Waals surface area contributed by atoms with Gasteiger partial charge in [-0.1, -0.05) is 30.0 Å². The molecule has 4 nitrogen and oxygen atoms in total. The Morgan fingerprint density at radius 2 is 1.85 bits per heavy atom. The number of nitrogens with zero attached hydrogens (tertiary/aromatic N) is 1. The van der Waals surface area contributed by atoms with Gasteiger partial charge in [-0.3, -0.25) is 10.1 Å². The lowest BCUT2D eigenvalue weighted by atomic mass is 10.1. The first kappa shape index (κ1) is 14.5. The van der Waals surface area contributed by atoms with E-state index >= 15 is 0 Å². The highest BCUT2D eigenvalue weighted by molar-refractivity contribution is 7.99. The molecule has 0 saturated carbocycles. The fraction of sp³-hybridized carbons (Fsp3) is 0.143. The van der Waals surface area contributed by atoms with Gasteiger partial charge in [-0.2, -0.15) is 0 Å². The maximum absolute atomic E-state index is 13.8. The Labute approximate surface area is 119 Å². The maximum atomic E-state index is 13.8. The second kappa shape index (κ2) is 6.02. The van der Waals surface area contributed by atoms with Crippen LogP contribution in [0.25, 0.3) is 0 Å². The zero-order chi connectivity index (χ0) is 14.7. The van der Waals surface area contributed by atoms with Gasteiger partial charge in [0.25, 0.3) is 5.69 Å². The van der Waals surface area contributed by atoms with Crippen LogP contribution in [-0.4, -0.2) is 10.0 Å². The molecule has 0 aliphatic rings. The van der Waals surface area contributed by atoms with E-state index in [0.717, 1.165) is 11.8 Å². The number of rotatable bonds is 4. The number of nitro groups is 1. The van der Waals surface area contributed by atoms with Crippen molar-refractivity contribution in [3.8, 4) is 0 Å². The molecule has 0 aliphatic carbocycles. The highest BCUT2D eigenvalue weighted by atomic mass is 32.2. The van der Waals surface area contributed by atoms with Gasteiger partial charge in [0.1, 0.15) is 5.82 Å². The lowest BCUT2D eigenvalue weighted by Gasteiger charge is -2.12. The Bertz CT molecular complexity index is 646. The molecule has 0 saturated heterocycles. The van der Waals surface area contributed by atoms with Gasteiger partial charge < -0.3 is 5.11 Å². The number of hydrogen-bond acceptors (Lipinski definition) is 4. The summed E-state index contributed by atoms with van der Waals surface area (Å²) in [6.07, 6.45) is -0.985. The topological polar surface area (TPSA) is 63.4 Å². The highest BCUT2D eigenvalue weighted by Crippen LogP contribution is 2.38. The van der Waals surface area contributed by atoms with E-state index in [4.69, 9.17) is 0 Å². The molecule has 0 amide bonds. The minimum Gasteiger partial charge on any atom is -0.389 e. The lowest BCUT2D eigenvalue weighted by Crippen LogP contribution is -1.99. The van der Waals surface area contributed by atoms with Crippen molar-refractivity contribution in [1.82, 2.24) is 0 Å². The van der Waals surface area contributed by atoms with Gasteiger partial charge in [-0.15, -0.1) is 0 Å². The number of benzene rings is 2. The quantitative estimate of drug-likeness (QED) is 0.685.